The predicted molar refractivity (Wildman–Crippen MR) is 29.6 cm³/mol. The zero-order chi connectivity index (χ0) is 5.98. The summed E-state index contributed by atoms with van der Waals surface area (Å²) in [6, 6.07) is 0. The van der Waals surface area contributed by atoms with Crippen LogP contribution in [0.4, 0.5) is 0 Å². The van der Waals surface area contributed by atoms with E-state index in [4.69, 9.17) is 10.2 Å². The number of aromatic amines is 1. The second kappa shape index (κ2) is 2.06. The number of nitrogens with zero attached hydrogens (tertiary/aromatic N) is 1. The SMILES string of the molecule is NCc1n[nH]c(=S)o1. The molecule has 0 fully saturated rings. The van der Waals surface area contributed by atoms with E-state index < -0.39 is 0 Å². The van der Waals surface area contributed by atoms with Gasteiger partial charge in [-0.1, -0.05) is 0 Å². The normalized spacial score (nSPS) is 9.62. The Morgan fingerprint density at radius 2 is 2.62 bits per heavy atom. The van der Waals surface area contributed by atoms with E-state index in [0.29, 0.717) is 5.89 Å². The van der Waals surface area contributed by atoms with Crippen LogP contribution < -0.4 is 5.73 Å². The monoisotopic (exact) mass is 131 g/mol. The third kappa shape index (κ3) is 0.932. The molecule has 5 heteroatoms. The van der Waals surface area contributed by atoms with Crippen molar-refractivity contribution in [2.75, 3.05) is 0 Å². The molecule has 4 nitrogen and oxygen atoms in total. The summed E-state index contributed by atoms with van der Waals surface area (Å²) in [6.07, 6.45) is 0. The van der Waals surface area contributed by atoms with E-state index in [1.165, 1.54) is 0 Å². The fourth-order valence-corrected chi connectivity index (χ4v) is 0.490. The molecule has 0 bridgehead atoms. The molecule has 44 valence electrons. The molecule has 0 aliphatic heterocycles. The Morgan fingerprint density at radius 1 is 1.88 bits per heavy atom. The minimum atomic E-state index is 0.269. The molecule has 1 aromatic rings. The Bertz CT molecular complexity index is 214. The zero-order valence-electron chi connectivity index (χ0n) is 4.05. The standard InChI is InChI=1S/C3H5N3OS/c4-1-2-5-6-3(8)7-2/h1,4H2,(H,6,8). The molecule has 0 aliphatic rings. The van der Waals surface area contributed by atoms with E-state index in [-0.39, 0.29) is 11.4 Å². The molecule has 0 saturated carbocycles. The van der Waals surface area contributed by atoms with Crippen molar-refractivity contribution >= 4 is 12.2 Å². The van der Waals surface area contributed by atoms with Crippen LogP contribution >= 0.6 is 12.2 Å². The van der Waals surface area contributed by atoms with Crippen molar-refractivity contribution in [1.82, 2.24) is 10.2 Å². The fraction of sp³-hybridized carbons (Fsp3) is 0.333. The van der Waals surface area contributed by atoms with Crippen molar-refractivity contribution in [3.63, 3.8) is 0 Å². The lowest BCUT2D eigenvalue weighted by atomic mass is 10.7. The molecular formula is C3H5N3OS. The van der Waals surface area contributed by atoms with Crippen LogP contribution in [0.25, 0.3) is 0 Å². The lowest BCUT2D eigenvalue weighted by Crippen LogP contribution is -1.95. The van der Waals surface area contributed by atoms with Gasteiger partial charge in [0.2, 0.25) is 5.89 Å². The number of hydrogen-bond donors (Lipinski definition) is 2. The van der Waals surface area contributed by atoms with E-state index in [0.717, 1.165) is 0 Å². The van der Waals surface area contributed by atoms with E-state index in [1.54, 1.807) is 0 Å². The number of aromatic nitrogens is 2. The molecular weight excluding hydrogens is 126 g/mol. The van der Waals surface area contributed by atoms with Crippen LogP contribution in [0, 0.1) is 4.84 Å². The van der Waals surface area contributed by atoms with Crippen LogP contribution in [0.5, 0.6) is 0 Å². The summed E-state index contributed by atoms with van der Waals surface area (Å²) < 4.78 is 4.76. The Hall–Kier alpha value is -0.680. The average molecular weight is 131 g/mol. The van der Waals surface area contributed by atoms with Gasteiger partial charge in [0.25, 0.3) is 4.84 Å². The van der Waals surface area contributed by atoms with Gasteiger partial charge >= 0.3 is 0 Å². The molecule has 0 aliphatic carbocycles. The lowest BCUT2D eigenvalue weighted by Gasteiger charge is -1.76. The molecule has 0 spiro atoms. The summed E-state index contributed by atoms with van der Waals surface area (Å²) in [4.78, 5) is 0.269. The van der Waals surface area contributed by atoms with Gasteiger partial charge in [-0.2, -0.15) is 0 Å². The average Bonchev–Trinajstić information content (AvgIpc) is 2.14. The first-order valence-electron chi connectivity index (χ1n) is 2.07. The van der Waals surface area contributed by atoms with Gasteiger partial charge in [-0.3, -0.25) is 0 Å². The van der Waals surface area contributed by atoms with Crippen LogP contribution in [0.3, 0.4) is 0 Å². The Kier molecular flexibility index (Phi) is 1.40. The largest absolute Gasteiger partial charge is 0.413 e. The molecule has 0 atom stereocenters. The fourth-order valence-electron chi connectivity index (χ4n) is 0.348. The van der Waals surface area contributed by atoms with E-state index >= 15 is 0 Å². The summed E-state index contributed by atoms with van der Waals surface area (Å²) in [5.41, 5.74) is 5.14. The van der Waals surface area contributed by atoms with Crippen molar-refractivity contribution in [3.8, 4) is 0 Å². The van der Waals surface area contributed by atoms with Gasteiger partial charge in [-0.25, -0.2) is 5.10 Å². The maximum atomic E-state index is 5.14. The minimum absolute atomic E-state index is 0.269. The van der Waals surface area contributed by atoms with Crippen LogP contribution in [-0.4, -0.2) is 10.2 Å². The predicted octanol–water partition coefficient (Wildman–Crippen LogP) is 0.191. The maximum absolute atomic E-state index is 5.14. The van der Waals surface area contributed by atoms with Crippen LogP contribution in [-0.2, 0) is 6.54 Å². The van der Waals surface area contributed by atoms with Gasteiger partial charge in [0.1, 0.15) is 0 Å². The third-order valence-corrected chi connectivity index (χ3v) is 0.832. The second-order valence-corrected chi connectivity index (χ2v) is 1.58. The van der Waals surface area contributed by atoms with E-state index in [2.05, 4.69) is 22.4 Å². The van der Waals surface area contributed by atoms with Crippen molar-refractivity contribution < 1.29 is 4.42 Å². The van der Waals surface area contributed by atoms with Gasteiger partial charge in [0, 0.05) is 0 Å². The highest BCUT2D eigenvalue weighted by atomic mass is 32.1. The molecule has 1 aromatic heterocycles. The molecule has 0 saturated heterocycles. The Morgan fingerprint density at radius 3 is 2.88 bits per heavy atom. The molecule has 0 unspecified atom stereocenters. The molecule has 1 heterocycles. The third-order valence-electron chi connectivity index (χ3n) is 0.657. The van der Waals surface area contributed by atoms with Crippen LogP contribution in [0.2, 0.25) is 0 Å². The van der Waals surface area contributed by atoms with Gasteiger partial charge in [-0.15, -0.1) is 5.10 Å². The van der Waals surface area contributed by atoms with Crippen molar-refractivity contribution in [3.05, 3.63) is 10.7 Å². The first-order valence-corrected chi connectivity index (χ1v) is 2.48. The minimum Gasteiger partial charge on any atom is -0.413 e. The van der Waals surface area contributed by atoms with Crippen LogP contribution in [0.1, 0.15) is 5.89 Å². The number of nitrogens with one attached hydrogen (secondary N) is 1. The molecule has 3 N–H and O–H groups in total. The lowest BCUT2D eigenvalue weighted by molar-refractivity contribution is 0.483. The highest BCUT2D eigenvalue weighted by Gasteiger charge is 1.90. The molecule has 0 amide bonds. The first-order chi connectivity index (χ1) is 3.83. The first kappa shape index (κ1) is 5.46. The second-order valence-electron chi connectivity index (χ2n) is 1.21. The van der Waals surface area contributed by atoms with Gasteiger partial charge < -0.3 is 10.2 Å². The van der Waals surface area contributed by atoms with Gasteiger partial charge in [0.05, 0.1) is 6.54 Å². The summed E-state index contributed by atoms with van der Waals surface area (Å²) >= 11 is 4.56. The molecule has 0 aromatic carbocycles. The Labute approximate surface area is 50.7 Å². The van der Waals surface area contributed by atoms with Gasteiger partial charge in [0.15, 0.2) is 0 Å². The zero-order valence-corrected chi connectivity index (χ0v) is 4.86. The van der Waals surface area contributed by atoms with E-state index in [1.807, 2.05) is 0 Å². The highest BCUT2D eigenvalue weighted by Crippen LogP contribution is 1.89. The van der Waals surface area contributed by atoms with Gasteiger partial charge in [-0.05, 0) is 12.2 Å². The summed E-state index contributed by atoms with van der Waals surface area (Å²) in [5, 5.41) is 6.05. The number of nitrogens with two attached hydrogens (primary N) is 1. The highest BCUT2D eigenvalue weighted by molar-refractivity contribution is 7.71. The van der Waals surface area contributed by atoms with Crippen molar-refractivity contribution in [2.24, 2.45) is 5.73 Å². The number of hydrogen-bond acceptors (Lipinski definition) is 4. The number of H-pyrrole nitrogens is 1. The molecule has 0 radical (unpaired) electrons. The summed E-state index contributed by atoms with van der Waals surface area (Å²) in [7, 11) is 0. The van der Waals surface area contributed by atoms with Crippen molar-refractivity contribution in [1.29, 1.82) is 0 Å². The summed E-state index contributed by atoms with van der Waals surface area (Å²) in [5.74, 6) is 0.440. The smallest absolute Gasteiger partial charge is 0.284 e. The maximum Gasteiger partial charge on any atom is 0.284 e. The topological polar surface area (TPSA) is 67.8 Å². The summed E-state index contributed by atoms with van der Waals surface area (Å²) in [6.45, 7) is 0.285. The van der Waals surface area contributed by atoms with Crippen LogP contribution in [0.15, 0.2) is 4.42 Å². The number of rotatable bonds is 1. The molecule has 8 heavy (non-hydrogen) atoms. The molecule has 1 rings (SSSR count). The van der Waals surface area contributed by atoms with E-state index in [9.17, 15) is 0 Å². The van der Waals surface area contributed by atoms with Crippen molar-refractivity contribution in [2.45, 2.75) is 6.54 Å². The quantitative estimate of drug-likeness (QED) is 0.534. The Balaban J connectivity index is 3.01.